The SMILES string of the molecule is CCCOc1ccc([N+](=O)[O-])cc1[C@H]1N(C(C)=O)c2ccccc2-c2c(=O)[nH]c(SC)n[n+]21. The first-order valence-electron chi connectivity index (χ1n) is 10.3. The number of anilines is 1. The molecule has 170 valence electrons. The van der Waals surface area contributed by atoms with Crippen molar-refractivity contribution < 1.29 is 19.1 Å². The molecule has 0 bridgehead atoms. The minimum absolute atomic E-state index is 0.159. The molecule has 1 aliphatic rings. The first-order chi connectivity index (χ1) is 15.9. The van der Waals surface area contributed by atoms with Crippen molar-refractivity contribution in [1.82, 2.24) is 10.1 Å². The third-order valence-electron chi connectivity index (χ3n) is 5.23. The third kappa shape index (κ3) is 3.95. The first kappa shape index (κ1) is 22.5. The van der Waals surface area contributed by atoms with Gasteiger partial charge in [-0.15, -0.1) is 0 Å². The van der Waals surface area contributed by atoms with Crippen LogP contribution in [-0.2, 0) is 4.79 Å². The monoisotopic (exact) mass is 468 g/mol. The van der Waals surface area contributed by atoms with Gasteiger partial charge >= 0.3 is 11.3 Å². The Balaban J connectivity index is 2.09. The maximum Gasteiger partial charge on any atom is 0.325 e. The van der Waals surface area contributed by atoms with Crippen molar-refractivity contribution in [1.29, 1.82) is 0 Å². The fraction of sp³-hybridized carbons (Fsp3) is 0.273. The van der Waals surface area contributed by atoms with Gasteiger partial charge in [0.05, 0.1) is 28.3 Å². The predicted octanol–water partition coefficient (Wildman–Crippen LogP) is 3.06. The number of carbonyl (C=O) groups excluding carboxylic acids is 1. The molecule has 0 spiro atoms. The summed E-state index contributed by atoms with van der Waals surface area (Å²) in [4.78, 5) is 41.4. The molecule has 1 aliphatic heterocycles. The average Bonchev–Trinajstić information content (AvgIpc) is 2.81. The number of thioether (sulfide) groups is 1. The second-order valence-electron chi connectivity index (χ2n) is 7.36. The maximum atomic E-state index is 13.1. The predicted molar refractivity (Wildman–Crippen MR) is 122 cm³/mol. The van der Waals surface area contributed by atoms with Gasteiger partial charge in [0, 0.05) is 24.2 Å². The second kappa shape index (κ2) is 9.02. The highest BCUT2D eigenvalue weighted by atomic mass is 32.2. The number of nitro groups is 1. The van der Waals surface area contributed by atoms with Gasteiger partial charge in [0.25, 0.3) is 11.9 Å². The van der Waals surface area contributed by atoms with Gasteiger partial charge in [-0.3, -0.25) is 24.7 Å². The molecular formula is C22H22N5O5S+. The number of carbonyl (C=O) groups is 1. The lowest BCUT2D eigenvalue weighted by Crippen LogP contribution is -2.60. The minimum atomic E-state index is -0.965. The van der Waals surface area contributed by atoms with Gasteiger partial charge in [-0.2, -0.15) is 0 Å². The summed E-state index contributed by atoms with van der Waals surface area (Å²) in [5, 5.41) is 16.5. The lowest BCUT2D eigenvalue weighted by molar-refractivity contribution is -0.763. The fourth-order valence-corrected chi connectivity index (χ4v) is 4.24. The largest absolute Gasteiger partial charge is 0.493 e. The summed E-state index contributed by atoms with van der Waals surface area (Å²) in [5.74, 6) is 0.0654. The zero-order valence-electron chi connectivity index (χ0n) is 18.3. The average molecular weight is 469 g/mol. The van der Waals surface area contributed by atoms with E-state index in [1.54, 1.807) is 30.5 Å². The molecule has 10 nitrogen and oxygen atoms in total. The molecule has 2 heterocycles. The zero-order chi connectivity index (χ0) is 23.7. The molecule has 1 N–H and O–H groups in total. The van der Waals surface area contributed by atoms with Crippen molar-refractivity contribution in [3.8, 4) is 17.0 Å². The van der Waals surface area contributed by atoms with Crippen LogP contribution in [-0.4, -0.2) is 33.8 Å². The van der Waals surface area contributed by atoms with Crippen LogP contribution in [0.15, 0.2) is 52.4 Å². The molecule has 0 aliphatic carbocycles. The number of hydrogen-bond acceptors (Lipinski definition) is 7. The van der Waals surface area contributed by atoms with Crippen LogP contribution in [0.25, 0.3) is 11.3 Å². The van der Waals surface area contributed by atoms with E-state index in [0.717, 1.165) is 6.42 Å². The first-order valence-corrected chi connectivity index (χ1v) is 11.5. The smallest absolute Gasteiger partial charge is 0.325 e. The minimum Gasteiger partial charge on any atom is -0.493 e. The standard InChI is InChI=1S/C22H21N5O5S/c1-4-11-32-18-10-9-14(27(30)31)12-16(18)21-25(13(2)28)17-8-6-5-7-15(17)19-20(29)23-22(33-3)24-26(19)21/h5-10,12,21H,4,11H2,1-3H3/p+1/t21-/m0/s1. The molecule has 4 rings (SSSR count). The van der Waals surface area contributed by atoms with Crippen molar-refractivity contribution >= 4 is 29.0 Å². The normalized spacial score (nSPS) is 14.4. The Kier molecular flexibility index (Phi) is 6.14. The molecule has 3 aromatic rings. The zero-order valence-corrected chi connectivity index (χ0v) is 19.1. The number of ether oxygens (including phenoxy) is 1. The van der Waals surface area contributed by atoms with Gasteiger partial charge in [-0.1, -0.05) is 30.8 Å². The van der Waals surface area contributed by atoms with E-state index in [4.69, 9.17) is 4.74 Å². The van der Waals surface area contributed by atoms with E-state index in [0.29, 0.717) is 34.3 Å². The molecule has 1 amide bonds. The molecule has 0 saturated heterocycles. The number of fused-ring (bicyclic) bond motifs is 3. The van der Waals surface area contributed by atoms with Crippen molar-refractivity contribution in [3.63, 3.8) is 0 Å². The van der Waals surface area contributed by atoms with Crippen molar-refractivity contribution in [3.05, 3.63) is 68.5 Å². The Bertz CT molecular complexity index is 1310. The number of hydrogen-bond donors (Lipinski definition) is 1. The van der Waals surface area contributed by atoms with Crippen LogP contribution in [0.4, 0.5) is 11.4 Å². The van der Waals surface area contributed by atoms with Gasteiger partial charge < -0.3 is 4.74 Å². The number of para-hydroxylation sites is 1. The Morgan fingerprint density at radius 3 is 2.76 bits per heavy atom. The van der Waals surface area contributed by atoms with Crippen molar-refractivity contribution in [2.24, 2.45) is 0 Å². The highest BCUT2D eigenvalue weighted by Gasteiger charge is 2.46. The summed E-state index contributed by atoms with van der Waals surface area (Å²) in [7, 11) is 0. The quantitative estimate of drug-likeness (QED) is 0.255. The molecule has 0 unspecified atom stereocenters. The Morgan fingerprint density at radius 2 is 2.09 bits per heavy atom. The van der Waals surface area contributed by atoms with Gasteiger partial charge in [0.1, 0.15) is 5.75 Å². The molecular weight excluding hydrogens is 446 g/mol. The lowest BCUT2D eigenvalue weighted by atomic mass is 10.0. The fourth-order valence-electron chi connectivity index (χ4n) is 3.88. The number of H-pyrrole nitrogens is 1. The molecule has 0 radical (unpaired) electrons. The van der Waals surface area contributed by atoms with Gasteiger partial charge in [-0.25, -0.2) is 4.90 Å². The Morgan fingerprint density at radius 1 is 1.33 bits per heavy atom. The van der Waals surface area contributed by atoms with E-state index in [9.17, 15) is 19.7 Å². The van der Waals surface area contributed by atoms with E-state index in [1.165, 1.54) is 46.5 Å². The summed E-state index contributed by atoms with van der Waals surface area (Å²) in [5.41, 5.74) is 1.11. The van der Waals surface area contributed by atoms with Crippen LogP contribution >= 0.6 is 11.8 Å². The number of rotatable bonds is 6. The number of nitrogens with zero attached hydrogens (tertiary/aromatic N) is 4. The van der Waals surface area contributed by atoms with Gasteiger partial charge in [-0.05, 0) is 35.6 Å². The van der Waals surface area contributed by atoms with Crippen LogP contribution in [0, 0.1) is 10.1 Å². The van der Waals surface area contributed by atoms with Crippen LogP contribution < -0.4 is 19.9 Å². The Hall–Kier alpha value is -3.73. The lowest BCUT2D eigenvalue weighted by Gasteiger charge is -2.31. The summed E-state index contributed by atoms with van der Waals surface area (Å²) in [6.07, 6.45) is 1.52. The number of aromatic amines is 1. The molecule has 0 saturated carbocycles. The van der Waals surface area contributed by atoms with Crippen LogP contribution in [0.5, 0.6) is 5.75 Å². The summed E-state index contributed by atoms with van der Waals surface area (Å²) in [6.45, 7) is 3.73. The molecule has 33 heavy (non-hydrogen) atoms. The topological polar surface area (TPSA) is 122 Å². The van der Waals surface area contributed by atoms with E-state index >= 15 is 0 Å². The van der Waals surface area contributed by atoms with Gasteiger partial charge in [0.15, 0.2) is 0 Å². The van der Waals surface area contributed by atoms with E-state index < -0.39 is 11.1 Å². The number of nitro benzene ring substituents is 1. The van der Waals surface area contributed by atoms with Gasteiger partial charge in [0.2, 0.25) is 11.1 Å². The van der Waals surface area contributed by atoms with Crippen LogP contribution in [0.3, 0.4) is 0 Å². The van der Waals surface area contributed by atoms with Crippen LogP contribution in [0.2, 0.25) is 0 Å². The maximum absolute atomic E-state index is 13.1. The van der Waals surface area contributed by atoms with Crippen LogP contribution in [0.1, 0.15) is 32.0 Å². The number of amides is 1. The highest BCUT2D eigenvalue weighted by molar-refractivity contribution is 7.98. The third-order valence-corrected chi connectivity index (χ3v) is 5.81. The Labute approximate surface area is 193 Å². The van der Waals surface area contributed by atoms with Crippen molar-refractivity contribution in [2.45, 2.75) is 31.6 Å². The second-order valence-corrected chi connectivity index (χ2v) is 8.16. The molecule has 1 atom stereocenters. The summed E-state index contributed by atoms with van der Waals surface area (Å²) in [6, 6.07) is 11.3. The van der Waals surface area contributed by atoms with E-state index in [1.807, 2.05) is 6.92 Å². The molecule has 0 fully saturated rings. The summed E-state index contributed by atoms with van der Waals surface area (Å²) < 4.78 is 7.35. The van der Waals surface area contributed by atoms with E-state index in [2.05, 4.69) is 10.1 Å². The number of non-ortho nitro benzene ring substituents is 1. The molecule has 11 heteroatoms. The van der Waals surface area contributed by atoms with Crippen molar-refractivity contribution in [2.75, 3.05) is 17.8 Å². The number of nitrogens with one attached hydrogen (secondary N) is 1. The number of aromatic nitrogens is 3. The highest BCUT2D eigenvalue weighted by Crippen LogP contribution is 2.40. The molecule has 1 aromatic heterocycles. The van der Waals surface area contributed by atoms with E-state index in [-0.39, 0.29) is 22.8 Å². The number of benzene rings is 2. The molecule has 2 aromatic carbocycles. The summed E-state index contributed by atoms with van der Waals surface area (Å²) >= 11 is 1.24.